The van der Waals surface area contributed by atoms with Crippen molar-refractivity contribution in [3.8, 4) is 33.4 Å². The van der Waals surface area contributed by atoms with Crippen LogP contribution < -0.4 is 4.90 Å². The Morgan fingerprint density at radius 3 is 1.69 bits per heavy atom. The Labute approximate surface area is 377 Å². The van der Waals surface area contributed by atoms with Gasteiger partial charge in [-0.2, -0.15) is 0 Å². The third-order valence-corrected chi connectivity index (χ3v) is 13.7. The average molecular weight is 828 g/mol. The Kier molecular flexibility index (Phi) is 8.47. The van der Waals surface area contributed by atoms with Crippen LogP contribution in [0.2, 0.25) is 0 Å². The summed E-state index contributed by atoms with van der Waals surface area (Å²) in [5.41, 5.74) is 16.7. The van der Waals surface area contributed by atoms with Crippen molar-refractivity contribution in [3.63, 3.8) is 0 Å². The van der Waals surface area contributed by atoms with E-state index in [0.717, 1.165) is 60.9 Å². The zero-order valence-electron chi connectivity index (χ0n) is 35.5. The summed E-state index contributed by atoms with van der Waals surface area (Å²) in [7, 11) is 0. The van der Waals surface area contributed by atoms with Crippen molar-refractivity contribution in [2.45, 2.75) is 5.41 Å². The van der Waals surface area contributed by atoms with Gasteiger partial charge in [0.1, 0.15) is 11.2 Å². The molecule has 1 aromatic heterocycles. The van der Waals surface area contributed by atoms with E-state index in [-0.39, 0.29) is 0 Å². The van der Waals surface area contributed by atoms with Crippen LogP contribution in [0.1, 0.15) is 22.3 Å². The van der Waals surface area contributed by atoms with Crippen LogP contribution in [0.3, 0.4) is 0 Å². The van der Waals surface area contributed by atoms with E-state index in [9.17, 15) is 0 Å². The van der Waals surface area contributed by atoms with Crippen molar-refractivity contribution < 1.29 is 4.42 Å². The van der Waals surface area contributed by atoms with Crippen molar-refractivity contribution in [2.75, 3.05) is 4.90 Å². The van der Waals surface area contributed by atoms with Gasteiger partial charge in [0, 0.05) is 33.1 Å². The summed E-state index contributed by atoms with van der Waals surface area (Å²) >= 11 is 0. The minimum Gasteiger partial charge on any atom is -0.455 e. The summed E-state index contributed by atoms with van der Waals surface area (Å²) < 4.78 is 6.76. The molecule has 65 heavy (non-hydrogen) atoms. The number of nitrogens with zero attached hydrogens (tertiary/aromatic N) is 1. The molecule has 12 aromatic rings. The number of hydrogen-bond acceptors (Lipinski definition) is 2. The molecule has 0 radical (unpaired) electrons. The standard InChI is InChI=1S/C63H41NO/c1-3-21-45(22-4-1)63(46-23-5-2-6-24-46)57-31-14-11-27-52(57)53-39-38-48(41-58(53)63)64(47-36-34-43(35-37-47)50-30-17-20-42-18-7-9-25-49(42)50)59-32-15-12-28-54(59)56-40-44-19-8-10-26-51(44)62-61(56)55-29-13-16-33-60(55)65-62/h1-41H. The van der Waals surface area contributed by atoms with Crippen LogP contribution in [0.25, 0.3) is 76.9 Å². The van der Waals surface area contributed by atoms with Crippen LogP contribution in [-0.2, 0) is 5.41 Å². The van der Waals surface area contributed by atoms with Crippen molar-refractivity contribution in [1.82, 2.24) is 0 Å². The fourth-order valence-corrected chi connectivity index (χ4v) is 10.9. The molecule has 11 aromatic carbocycles. The van der Waals surface area contributed by atoms with Crippen molar-refractivity contribution in [3.05, 3.63) is 271 Å². The topological polar surface area (TPSA) is 16.4 Å². The SMILES string of the molecule is c1ccc(C2(c3ccccc3)c3ccccc3-c3ccc(N(c4ccc(-c5cccc6ccccc56)cc4)c4ccccc4-c4cc5ccccc5c5oc6ccccc6c45)cc32)cc1. The number of fused-ring (bicyclic) bond motifs is 9. The molecule has 0 N–H and O–H groups in total. The number of hydrogen-bond donors (Lipinski definition) is 0. The van der Waals surface area contributed by atoms with Gasteiger partial charge in [0.2, 0.25) is 0 Å². The normalized spacial score (nSPS) is 12.7. The summed E-state index contributed by atoms with van der Waals surface area (Å²) in [5.74, 6) is 0. The molecule has 1 aliphatic carbocycles. The highest BCUT2D eigenvalue weighted by atomic mass is 16.3. The van der Waals surface area contributed by atoms with Crippen molar-refractivity contribution >= 4 is 60.5 Å². The highest BCUT2D eigenvalue weighted by Crippen LogP contribution is 2.58. The molecule has 2 heteroatoms. The van der Waals surface area contributed by atoms with Crippen molar-refractivity contribution in [2.24, 2.45) is 0 Å². The van der Waals surface area contributed by atoms with E-state index in [0.29, 0.717) is 0 Å². The van der Waals surface area contributed by atoms with Gasteiger partial charge in [-0.25, -0.2) is 0 Å². The molecule has 304 valence electrons. The average Bonchev–Trinajstić information content (AvgIpc) is 3.92. The van der Waals surface area contributed by atoms with Gasteiger partial charge in [-0.1, -0.05) is 206 Å². The highest BCUT2D eigenvalue weighted by molar-refractivity contribution is 6.22. The van der Waals surface area contributed by atoms with E-state index in [4.69, 9.17) is 4.42 Å². The van der Waals surface area contributed by atoms with E-state index in [1.54, 1.807) is 0 Å². The lowest BCUT2D eigenvalue weighted by Gasteiger charge is -2.35. The summed E-state index contributed by atoms with van der Waals surface area (Å²) in [4.78, 5) is 2.47. The molecule has 0 aliphatic heterocycles. The second-order valence-corrected chi connectivity index (χ2v) is 17.1. The van der Waals surface area contributed by atoms with E-state index < -0.39 is 5.41 Å². The monoisotopic (exact) mass is 827 g/mol. The fraction of sp³-hybridized carbons (Fsp3) is 0.0159. The lowest BCUT2D eigenvalue weighted by molar-refractivity contribution is 0.673. The summed E-state index contributed by atoms with van der Waals surface area (Å²) in [6, 6.07) is 90.9. The Morgan fingerprint density at radius 2 is 0.908 bits per heavy atom. The zero-order chi connectivity index (χ0) is 42.9. The second-order valence-electron chi connectivity index (χ2n) is 17.1. The van der Waals surface area contributed by atoms with Gasteiger partial charge in [0.15, 0.2) is 0 Å². The second kappa shape index (κ2) is 14.8. The first kappa shape index (κ1) is 37.1. The predicted molar refractivity (Wildman–Crippen MR) is 272 cm³/mol. The molecular weight excluding hydrogens is 787 g/mol. The molecule has 0 fully saturated rings. The lowest BCUT2D eigenvalue weighted by atomic mass is 9.67. The molecular formula is C63H41NO. The van der Waals surface area contributed by atoms with Crippen molar-refractivity contribution in [1.29, 1.82) is 0 Å². The van der Waals surface area contributed by atoms with Crippen LogP contribution >= 0.6 is 0 Å². The van der Waals surface area contributed by atoms with Crippen LogP contribution in [0.15, 0.2) is 253 Å². The first-order chi connectivity index (χ1) is 32.3. The summed E-state index contributed by atoms with van der Waals surface area (Å²) in [6.07, 6.45) is 0. The molecule has 13 rings (SSSR count). The largest absolute Gasteiger partial charge is 0.455 e. The molecule has 1 aliphatic rings. The van der Waals surface area contributed by atoms with Gasteiger partial charge in [0.05, 0.1) is 11.1 Å². The third-order valence-electron chi connectivity index (χ3n) is 13.7. The maximum absolute atomic E-state index is 6.76. The number of anilines is 3. The highest BCUT2D eigenvalue weighted by Gasteiger charge is 2.46. The zero-order valence-corrected chi connectivity index (χ0v) is 35.5. The molecule has 0 atom stereocenters. The minimum atomic E-state index is -0.548. The van der Waals surface area contributed by atoms with Crippen LogP contribution in [0.5, 0.6) is 0 Å². The first-order valence-electron chi connectivity index (χ1n) is 22.4. The third kappa shape index (κ3) is 5.67. The predicted octanol–water partition coefficient (Wildman–Crippen LogP) is 17.1. The lowest BCUT2D eigenvalue weighted by Crippen LogP contribution is -2.28. The maximum Gasteiger partial charge on any atom is 0.143 e. The number of rotatable bonds is 7. The quantitative estimate of drug-likeness (QED) is 0.159. The molecule has 2 nitrogen and oxygen atoms in total. The van der Waals surface area contributed by atoms with Crippen LogP contribution in [0.4, 0.5) is 17.1 Å². The van der Waals surface area contributed by atoms with Gasteiger partial charge in [-0.15, -0.1) is 0 Å². The van der Waals surface area contributed by atoms with E-state index in [1.165, 1.54) is 55.3 Å². The minimum absolute atomic E-state index is 0.548. The Hall–Kier alpha value is -8.46. The molecule has 0 saturated heterocycles. The Balaban J connectivity index is 1.09. The van der Waals surface area contributed by atoms with Gasteiger partial charge in [-0.3, -0.25) is 0 Å². The Morgan fingerprint density at radius 1 is 0.338 bits per heavy atom. The molecule has 1 heterocycles. The van der Waals surface area contributed by atoms with E-state index >= 15 is 0 Å². The van der Waals surface area contributed by atoms with Gasteiger partial charge >= 0.3 is 0 Å². The molecule has 0 bridgehead atoms. The number of para-hydroxylation sites is 2. The molecule has 0 saturated carbocycles. The van der Waals surface area contributed by atoms with Gasteiger partial charge < -0.3 is 9.32 Å². The van der Waals surface area contributed by atoms with E-state index in [1.807, 2.05) is 0 Å². The fourth-order valence-electron chi connectivity index (χ4n) is 10.9. The molecule has 0 spiro atoms. The maximum atomic E-state index is 6.76. The first-order valence-corrected chi connectivity index (χ1v) is 22.4. The smallest absolute Gasteiger partial charge is 0.143 e. The van der Waals surface area contributed by atoms with E-state index in [2.05, 4.69) is 254 Å². The molecule has 0 amide bonds. The molecule has 0 unspecified atom stereocenters. The Bertz CT molecular complexity index is 3730. The van der Waals surface area contributed by atoms with Gasteiger partial charge in [-0.05, 0) is 109 Å². The summed E-state index contributed by atoms with van der Waals surface area (Å²) in [6.45, 7) is 0. The number of benzene rings is 11. The number of furan rings is 1. The van der Waals surface area contributed by atoms with Crippen LogP contribution in [-0.4, -0.2) is 0 Å². The van der Waals surface area contributed by atoms with Crippen LogP contribution in [0, 0.1) is 0 Å². The van der Waals surface area contributed by atoms with Gasteiger partial charge in [0.25, 0.3) is 0 Å². The summed E-state index contributed by atoms with van der Waals surface area (Å²) in [5, 5.41) is 6.95.